The SMILES string of the molecule is CC(CNc1cnccc1C(N)=S)N1CCCC1. The predicted octanol–water partition coefficient (Wildman–Crippen LogP) is 1.61. The first kappa shape index (κ1) is 13.2. The number of aromatic nitrogens is 1. The van der Waals surface area contributed by atoms with Gasteiger partial charge in [0.2, 0.25) is 0 Å². The van der Waals surface area contributed by atoms with E-state index in [2.05, 4.69) is 22.1 Å². The van der Waals surface area contributed by atoms with Crippen LogP contribution in [0.3, 0.4) is 0 Å². The number of thiocarbonyl (C=S) groups is 1. The van der Waals surface area contributed by atoms with Crippen molar-refractivity contribution in [1.29, 1.82) is 0 Å². The smallest absolute Gasteiger partial charge is 0.106 e. The van der Waals surface area contributed by atoms with Gasteiger partial charge in [-0.3, -0.25) is 9.88 Å². The standard InChI is InChI=1S/C13H20N4S/c1-10(17-6-2-3-7-17)8-16-12-9-15-5-4-11(12)13(14)18/h4-5,9-10,16H,2-3,6-8H2,1H3,(H2,14,18). The Balaban J connectivity index is 1.95. The molecule has 2 heterocycles. The zero-order valence-corrected chi connectivity index (χ0v) is 11.5. The van der Waals surface area contributed by atoms with Gasteiger partial charge in [-0.25, -0.2) is 0 Å². The Morgan fingerprint density at radius 1 is 1.56 bits per heavy atom. The van der Waals surface area contributed by atoms with Gasteiger partial charge in [-0.1, -0.05) is 12.2 Å². The number of nitrogens with two attached hydrogens (primary N) is 1. The maximum absolute atomic E-state index is 5.70. The first-order valence-electron chi connectivity index (χ1n) is 6.40. The summed E-state index contributed by atoms with van der Waals surface area (Å²) in [6.07, 6.45) is 6.12. The van der Waals surface area contributed by atoms with E-state index in [1.54, 1.807) is 12.4 Å². The van der Waals surface area contributed by atoms with Gasteiger partial charge in [0.25, 0.3) is 0 Å². The Labute approximate surface area is 114 Å². The monoisotopic (exact) mass is 264 g/mol. The summed E-state index contributed by atoms with van der Waals surface area (Å²) in [7, 11) is 0. The molecule has 0 saturated carbocycles. The molecule has 0 aliphatic carbocycles. The molecule has 1 atom stereocenters. The summed E-state index contributed by atoms with van der Waals surface area (Å²) in [5.74, 6) is 0. The van der Waals surface area contributed by atoms with Crippen LogP contribution in [0, 0.1) is 0 Å². The maximum Gasteiger partial charge on any atom is 0.106 e. The molecule has 98 valence electrons. The van der Waals surface area contributed by atoms with Crippen LogP contribution in [-0.2, 0) is 0 Å². The van der Waals surface area contributed by atoms with Crippen molar-refractivity contribution >= 4 is 22.9 Å². The van der Waals surface area contributed by atoms with E-state index in [9.17, 15) is 0 Å². The molecule has 0 amide bonds. The predicted molar refractivity (Wildman–Crippen MR) is 78.9 cm³/mol. The summed E-state index contributed by atoms with van der Waals surface area (Å²) in [4.78, 5) is 7.03. The molecule has 3 N–H and O–H groups in total. The molecule has 1 aromatic heterocycles. The zero-order chi connectivity index (χ0) is 13.0. The summed E-state index contributed by atoms with van der Waals surface area (Å²) in [6, 6.07) is 2.37. The molecule has 1 aromatic rings. The summed E-state index contributed by atoms with van der Waals surface area (Å²) in [5.41, 5.74) is 7.49. The zero-order valence-electron chi connectivity index (χ0n) is 10.7. The topological polar surface area (TPSA) is 54.2 Å². The largest absolute Gasteiger partial charge is 0.389 e. The third-order valence-corrected chi connectivity index (χ3v) is 3.66. The lowest BCUT2D eigenvalue weighted by molar-refractivity contribution is 0.269. The highest BCUT2D eigenvalue weighted by molar-refractivity contribution is 7.80. The second kappa shape index (κ2) is 6.11. The lowest BCUT2D eigenvalue weighted by Crippen LogP contribution is -2.35. The van der Waals surface area contributed by atoms with Gasteiger partial charge in [-0.05, 0) is 38.9 Å². The first-order valence-corrected chi connectivity index (χ1v) is 6.81. The second-order valence-electron chi connectivity index (χ2n) is 4.76. The number of hydrogen-bond acceptors (Lipinski definition) is 4. The van der Waals surface area contributed by atoms with Gasteiger partial charge in [0.05, 0.1) is 11.9 Å². The lowest BCUT2D eigenvalue weighted by atomic mass is 10.2. The van der Waals surface area contributed by atoms with Crippen LogP contribution >= 0.6 is 12.2 Å². The van der Waals surface area contributed by atoms with Gasteiger partial charge >= 0.3 is 0 Å². The molecule has 0 bridgehead atoms. The molecular weight excluding hydrogens is 244 g/mol. The molecule has 0 spiro atoms. The molecule has 2 rings (SSSR count). The van der Waals surface area contributed by atoms with Gasteiger partial charge in [0.1, 0.15) is 4.99 Å². The van der Waals surface area contributed by atoms with Gasteiger partial charge in [-0.15, -0.1) is 0 Å². The molecule has 0 radical (unpaired) electrons. The van der Waals surface area contributed by atoms with Crippen molar-refractivity contribution in [2.75, 3.05) is 25.0 Å². The maximum atomic E-state index is 5.70. The quantitative estimate of drug-likeness (QED) is 0.791. The second-order valence-corrected chi connectivity index (χ2v) is 5.20. The third-order valence-electron chi connectivity index (χ3n) is 3.44. The van der Waals surface area contributed by atoms with Crippen LogP contribution in [-0.4, -0.2) is 40.5 Å². The highest BCUT2D eigenvalue weighted by Gasteiger charge is 2.17. The van der Waals surface area contributed by atoms with Crippen LogP contribution in [0.15, 0.2) is 18.5 Å². The fourth-order valence-electron chi connectivity index (χ4n) is 2.32. The lowest BCUT2D eigenvalue weighted by Gasteiger charge is -2.24. The van der Waals surface area contributed by atoms with E-state index in [0.29, 0.717) is 11.0 Å². The molecule has 1 fully saturated rings. The normalized spacial score (nSPS) is 17.6. The minimum atomic E-state index is 0.411. The van der Waals surface area contributed by atoms with Crippen molar-refractivity contribution in [3.05, 3.63) is 24.0 Å². The van der Waals surface area contributed by atoms with Crippen molar-refractivity contribution in [2.24, 2.45) is 5.73 Å². The van der Waals surface area contributed by atoms with Gasteiger partial charge in [-0.2, -0.15) is 0 Å². The molecular formula is C13H20N4S. The number of hydrogen-bond donors (Lipinski definition) is 2. The van der Waals surface area contributed by atoms with Gasteiger partial charge in [0, 0.05) is 24.3 Å². The Hall–Kier alpha value is -1.20. The molecule has 1 aliphatic rings. The molecule has 0 aromatic carbocycles. The van der Waals surface area contributed by atoms with Crippen molar-refractivity contribution < 1.29 is 0 Å². The van der Waals surface area contributed by atoms with E-state index in [1.165, 1.54) is 25.9 Å². The first-order chi connectivity index (χ1) is 8.68. The Bertz CT molecular complexity index is 415. The molecule has 5 heteroatoms. The molecule has 1 saturated heterocycles. The van der Waals surface area contributed by atoms with Crippen molar-refractivity contribution in [3.8, 4) is 0 Å². The fraction of sp³-hybridized carbons (Fsp3) is 0.538. The number of nitrogens with one attached hydrogen (secondary N) is 1. The van der Waals surface area contributed by atoms with Crippen molar-refractivity contribution in [1.82, 2.24) is 9.88 Å². The van der Waals surface area contributed by atoms with E-state index in [4.69, 9.17) is 18.0 Å². The van der Waals surface area contributed by atoms with Crippen LogP contribution in [0.4, 0.5) is 5.69 Å². The number of nitrogens with zero attached hydrogens (tertiary/aromatic N) is 2. The fourth-order valence-corrected chi connectivity index (χ4v) is 2.50. The summed E-state index contributed by atoms with van der Waals surface area (Å²) >= 11 is 5.04. The van der Waals surface area contributed by atoms with Gasteiger partial charge < -0.3 is 11.1 Å². The van der Waals surface area contributed by atoms with Crippen molar-refractivity contribution in [3.63, 3.8) is 0 Å². The summed E-state index contributed by atoms with van der Waals surface area (Å²) < 4.78 is 0. The number of rotatable bonds is 5. The summed E-state index contributed by atoms with van der Waals surface area (Å²) in [6.45, 7) is 5.55. The minimum Gasteiger partial charge on any atom is -0.389 e. The highest BCUT2D eigenvalue weighted by atomic mass is 32.1. The number of anilines is 1. The summed E-state index contributed by atoms with van der Waals surface area (Å²) in [5, 5.41) is 3.40. The van der Waals surface area contributed by atoms with Crippen LogP contribution in [0.25, 0.3) is 0 Å². The van der Waals surface area contributed by atoms with Crippen molar-refractivity contribution in [2.45, 2.75) is 25.8 Å². The van der Waals surface area contributed by atoms with E-state index in [-0.39, 0.29) is 0 Å². The van der Waals surface area contributed by atoms with Crippen LogP contribution in [0.5, 0.6) is 0 Å². The van der Waals surface area contributed by atoms with Crippen LogP contribution < -0.4 is 11.1 Å². The van der Waals surface area contributed by atoms with Crippen LogP contribution in [0.2, 0.25) is 0 Å². The molecule has 4 nitrogen and oxygen atoms in total. The molecule has 1 unspecified atom stereocenters. The molecule has 1 aliphatic heterocycles. The van der Waals surface area contributed by atoms with E-state index < -0.39 is 0 Å². The number of pyridine rings is 1. The molecule has 18 heavy (non-hydrogen) atoms. The number of likely N-dealkylation sites (tertiary alicyclic amines) is 1. The van der Waals surface area contributed by atoms with E-state index in [0.717, 1.165) is 17.8 Å². The Morgan fingerprint density at radius 2 is 2.28 bits per heavy atom. The minimum absolute atomic E-state index is 0.411. The Kier molecular flexibility index (Phi) is 4.49. The Morgan fingerprint density at radius 3 is 2.94 bits per heavy atom. The van der Waals surface area contributed by atoms with Gasteiger partial charge in [0.15, 0.2) is 0 Å². The van der Waals surface area contributed by atoms with Crippen LogP contribution in [0.1, 0.15) is 25.3 Å². The third kappa shape index (κ3) is 3.17. The highest BCUT2D eigenvalue weighted by Crippen LogP contribution is 2.15. The van der Waals surface area contributed by atoms with E-state index >= 15 is 0 Å². The average molecular weight is 264 g/mol. The van der Waals surface area contributed by atoms with E-state index in [1.807, 2.05) is 6.07 Å². The average Bonchev–Trinajstić information content (AvgIpc) is 2.90.